The van der Waals surface area contributed by atoms with Gasteiger partial charge in [-0.15, -0.1) is 0 Å². The van der Waals surface area contributed by atoms with Crippen LogP contribution in [0.25, 0.3) is 0 Å². The Morgan fingerprint density at radius 3 is 2.86 bits per heavy atom. The van der Waals surface area contributed by atoms with Crippen LogP contribution < -0.4 is 0 Å². The van der Waals surface area contributed by atoms with E-state index in [0.29, 0.717) is 12.6 Å². The van der Waals surface area contributed by atoms with Crippen molar-refractivity contribution in [3.8, 4) is 0 Å². The summed E-state index contributed by atoms with van der Waals surface area (Å²) in [6.45, 7) is 8.71. The first kappa shape index (κ1) is 16.0. The maximum atomic E-state index is 11.7. The summed E-state index contributed by atoms with van der Waals surface area (Å²) < 4.78 is 1.95. The van der Waals surface area contributed by atoms with Crippen LogP contribution in [0, 0.1) is 5.41 Å². The molecule has 1 fully saturated rings. The maximum Gasteiger partial charge on any atom is 0.310 e. The Hall–Kier alpha value is -1.36. The Balaban J connectivity index is 2.04. The summed E-state index contributed by atoms with van der Waals surface area (Å²) in [5, 5.41) is 14.0. The predicted octanol–water partition coefficient (Wildman–Crippen LogP) is 2.93. The zero-order chi connectivity index (χ0) is 15.5. The number of hydrogen-bond acceptors (Lipinski definition) is 3. The lowest BCUT2D eigenvalue weighted by molar-refractivity contribution is -0.153. The highest BCUT2D eigenvalue weighted by Gasteiger charge is 2.41. The van der Waals surface area contributed by atoms with E-state index in [0.717, 1.165) is 38.8 Å². The normalized spacial score (nSPS) is 23.6. The van der Waals surface area contributed by atoms with Gasteiger partial charge in [0.2, 0.25) is 0 Å². The second-order valence-corrected chi connectivity index (χ2v) is 6.57. The largest absolute Gasteiger partial charge is 0.481 e. The fraction of sp³-hybridized carbons (Fsp3) is 0.750. The van der Waals surface area contributed by atoms with Crippen LogP contribution in [-0.2, 0) is 11.3 Å². The van der Waals surface area contributed by atoms with Gasteiger partial charge in [0.15, 0.2) is 0 Å². The van der Waals surface area contributed by atoms with Crippen molar-refractivity contribution >= 4 is 5.97 Å². The minimum Gasteiger partial charge on any atom is -0.481 e. The van der Waals surface area contributed by atoms with E-state index in [1.807, 2.05) is 10.9 Å². The molecule has 0 aromatic carbocycles. The number of rotatable bonds is 6. The van der Waals surface area contributed by atoms with Gasteiger partial charge in [-0.05, 0) is 39.7 Å². The summed E-state index contributed by atoms with van der Waals surface area (Å²) >= 11 is 0. The first-order valence-electron chi connectivity index (χ1n) is 7.95. The highest BCUT2D eigenvalue weighted by molar-refractivity contribution is 5.75. The summed E-state index contributed by atoms with van der Waals surface area (Å²) in [5.41, 5.74) is 0.613. The van der Waals surface area contributed by atoms with E-state index in [4.69, 9.17) is 0 Å². The molecule has 118 valence electrons. The molecule has 0 saturated carbocycles. The Bertz CT molecular complexity index is 480. The zero-order valence-electron chi connectivity index (χ0n) is 13.4. The fourth-order valence-corrected chi connectivity index (χ4v) is 3.33. The fourth-order valence-electron chi connectivity index (χ4n) is 3.33. The third-order valence-corrected chi connectivity index (χ3v) is 4.43. The number of piperidine rings is 1. The average molecular weight is 293 g/mol. The van der Waals surface area contributed by atoms with E-state index < -0.39 is 11.4 Å². The van der Waals surface area contributed by atoms with Gasteiger partial charge in [0.05, 0.1) is 11.6 Å². The van der Waals surface area contributed by atoms with Crippen LogP contribution >= 0.6 is 0 Å². The zero-order valence-corrected chi connectivity index (χ0v) is 13.4. The van der Waals surface area contributed by atoms with Crippen LogP contribution in [0.5, 0.6) is 0 Å². The van der Waals surface area contributed by atoms with Gasteiger partial charge >= 0.3 is 5.97 Å². The predicted molar refractivity (Wildman–Crippen MR) is 82.1 cm³/mol. The maximum absolute atomic E-state index is 11.7. The number of aliphatic carboxylic acids is 1. The molecule has 1 aromatic rings. The molecule has 1 unspecified atom stereocenters. The van der Waals surface area contributed by atoms with Crippen LogP contribution in [0.4, 0.5) is 0 Å². The van der Waals surface area contributed by atoms with Gasteiger partial charge in [-0.2, -0.15) is 5.10 Å². The van der Waals surface area contributed by atoms with Crippen LogP contribution in [0.2, 0.25) is 0 Å². The van der Waals surface area contributed by atoms with Gasteiger partial charge in [-0.1, -0.05) is 13.3 Å². The molecule has 1 aliphatic heterocycles. The second kappa shape index (κ2) is 6.60. The number of hydrogen-bond donors (Lipinski definition) is 1. The number of carboxylic acids is 1. The van der Waals surface area contributed by atoms with Gasteiger partial charge < -0.3 is 5.11 Å². The van der Waals surface area contributed by atoms with Gasteiger partial charge in [0, 0.05) is 30.9 Å². The quantitative estimate of drug-likeness (QED) is 0.876. The molecule has 1 N–H and O–H groups in total. The summed E-state index contributed by atoms with van der Waals surface area (Å²) in [7, 11) is 0. The minimum absolute atomic E-state index is 0.360. The molecule has 1 aromatic heterocycles. The monoisotopic (exact) mass is 293 g/mol. The number of nitrogens with zero attached hydrogens (tertiary/aromatic N) is 3. The van der Waals surface area contributed by atoms with Gasteiger partial charge in [-0.3, -0.25) is 14.4 Å². The van der Waals surface area contributed by atoms with Crippen LogP contribution in [0.3, 0.4) is 0 Å². The Kier molecular flexibility index (Phi) is 5.04. The molecule has 0 aliphatic carbocycles. The van der Waals surface area contributed by atoms with E-state index in [9.17, 15) is 9.90 Å². The van der Waals surface area contributed by atoms with Gasteiger partial charge in [0.1, 0.15) is 0 Å². The molecule has 1 atom stereocenters. The molecule has 2 heterocycles. The van der Waals surface area contributed by atoms with Crippen LogP contribution in [-0.4, -0.2) is 38.8 Å². The van der Waals surface area contributed by atoms with E-state index >= 15 is 0 Å². The number of carboxylic acid groups (broad SMARTS) is 1. The first-order valence-corrected chi connectivity index (χ1v) is 7.95. The van der Waals surface area contributed by atoms with E-state index in [1.165, 1.54) is 5.56 Å². The summed E-state index contributed by atoms with van der Waals surface area (Å²) in [6.07, 6.45) is 7.43. The topological polar surface area (TPSA) is 58.4 Å². The molecule has 1 aliphatic rings. The summed E-state index contributed by atoms with van der Waals surface area (Å²) in [5.74, 6) is -0.632. The van der Waals surface area contributed by atoms with Gasteiger partial charge in [-0.25, -0.2) is 0 Å². The number of carbonyl (C=O) groups is 1. The molecular formula is C16H27N3O2. The number of aromatic nitrogens is 2. The summed E-state index contributed by atoms with van der Waals surface area (Å²) in [6, 6.07) is 0.360. The van der Waals surface area contributed by atoms with E-state index in [1.54, 1.807) is 0 Å². The lowest BCUT2D eigenvalue weighted by Gasteiger charge is -2.39. The Morgan fingerprint density at radius 2 is 2.29 bits per heavy atom. The van der Waals surface area contributed by atoms with Crippen molar-refractivity contribution in [3.63, 3.8) is 0 Å². The molecule has 0 amide bonds. The standard InChI is InChI=1S/C16H27N3O2/c1-4-6-16(15(20)21)7-5-8-18(12-16)10-14-9-17-19(11-14)13(2)3/h9,11,13H,4-8,10,12H2,1-3H3,(H,20,21). The minimum atomic E-state index is -0.632. The van der Waals surface area contributed by atoms with Crippen molar-refractivity contribution in [1.82, 2.24) is 14.7 Å². The molecule has 1 saturated heterocycles. The summed E-state index contributed by atoms with van der Waals surface area (Å²) in [4.78, 5) is 14.0. The molecule has 0 spiro atoms. The highest BCUT2D eigenvalue weighted by atomic mass is 16.4. The third-order valence-electron chi connectivity index (χ3n) is 4.43. The lowest BCUT2D eigenvalue weighted by atomic mass is 9.76. The van der Waals surface area contributed by atoms with Crippen molar-refractivity contribution in [2.75, 3.05) is 13.1 Å². The van der Waals surface area contributed by atoms with Crippen LogP contribution in [0.15, 0.2) is 12.4 Å². The average Bonchev–Trinajstić information content (AvgIpc) is 2.88. The molecular weight excluding hydrogens is 266 g/mol. The number of likely N-dealkylation sites (tertiary alicyclic amines) is 1. The molecule has 5 nitrogen and oxygen atoms in total. The lowest BCUT2D eigenvalue weighted by Crippen LogP contribution is -2.47. The van der Waals surface area contributed by atoms with Crippen LogP contribution in [0.1, 0.15) is 58.1 Å². The second-order valence-electron chi connectivity index (χ2n) is 6.57. The molecule has 21 heavy (non-hydrogen) atoms. The van der Waals surface area contributed by atoms with E-state index in [2.05, 4.69) is 37.0 Å². The van der Waals surface area contributed by atoms with Crippen molar-refractivity contribution in [3.05, 3.63) is 18.0 Å². The Morgan fingerprint density at radius 1 is 1.52 bits per heavy atom. The first-order chi connectivity index (χ1) is 9.97. The molecule has 0 radical (unpaired) electrons. The van der Waals surface area contributed by atoms with Crippen molar-refractivity contribution in [2.45, 2.75) is 59.0 Å². The van der Waals surface area contributed by atoms with Gasteiger partial charge in [0.25, 0.3) is 0 Å². The molecule has 0 bridgehead atoms. The third kappa shape index (κ3) is 3.64. The highest BCUT2D eigenvalue weighted by Crippen LogP contribution is 2.35. The molecule has 5 heteroatoms. The SMILES string of the molecule is CCCC1(C(=O)O)CCCN(Cc2cnn(C(C)C)c2)C1. The van der Waals surface area contributed by atoms with Crippen molar-refractivity contribution < 1.29 is 9.90 Å². The van der Waals surface area contributed by atoms with Crippen molar-refractivity contribution in [1.29, 1.82) is 0 Å². The van der Waals surface area contributed by atoms with E-state index in [-0.39, 0.29) is 0 Å². The smallest absolute Gasteiger partial charge is 0.310 e. The molecule has 2 rings (SSSR count). The van der Waals surface area contributed by atoms with Crippen molar-refractivity contribution in [2.24, 2.45) is 5.41 Å². The Labute approximate surface area is 126 Å².